The van der Waals surface area contributed by atoms with Crippen molar-refractivity contribution in [3.8, 4) is 0 Å². The molecule has 3 N–H and O–H groups in total. The molecular weight excluding hydrogens is 300 g/mol. The molecule has 0 aliphatic heterocycles. The Balaban J connectivity index is 1.51. The van der Waals surface area contributed by atoms with Crippen LogP contribution in [0, 0.1) is 19.8 Å². The number of H-pyrrole nitrogens is 1. The summed E-state index contributed by atoms with van der Waals surface area (Å²) >= 11 is 0. The number of nitrogens with one attached hydrogen (secondary N) is 3. The maximum atomic E-state index is 12.2. The summed E-state index contributed by atoms with van der Waals surface area (Å²) in [5.41, 5.74) is 3.90. The van der Waals surface area contributed by atoms with Crippen LogP contribution >= 0.6 is 0 Å². The van der Waals surface area contributed by atoms with Gasteiger partial charge >= 0.3 is 0 Å². The number of carbonyl (C=O) groups excluding carboxylic acids is 1. The lowest BCUT2D eigenvalue weighted by molar-refractivity contribution is -0.115. The van der Waals surface area contributed by atoms with Crippen molar-refractivity contribution in [1.29, 1.82) is 0 Å². The third-order valence-electron chi connectivity index (χ3n) is 4.92. The van der Waals surface area contributed by atoms with E-state index >= 15 is 0 Å². The van der Waals surface area contributed by atoms with E-state index in [9.17, 15) is 4.79 Å². The minimum atomic E-state index is -0.00652. The molecule has 5 nitrogen and oxygen atoms in total. The molecule has 2 unspecified atom stereocenters. The van der Waals surface area contributed by atoms with Gasteiger partial charge in [0.1, 0.15) is 0 Å². The van der Waals surface area contributed by atoms with Crippen LogP contribution < -0.4 is 10.6 Å². The normalized spacial score (nSPS) is 20.2. The number of benzene rings is 1. The molecule has 2 atom stereocenters. The van der Waals surface area contributed by atoms with E-state index in [1.54, 1.807) is 0 Å². The van der Waals surface area contributed by atoms with Crippen molar-refractivity contribution >= 4 is 11.6 Å². The molecule has 1 amide bonds. The molecule has 5 heteroatoms. The molecule has 0 saturated heterocycles. The lowest BCUT2D eigenvalue weighted by Crippen LogP contribution is -2.39. The van der Waals surface area contributed by atoms with Crippen molar-refractivity contribution in [2.45, 2.75) is 45.6 Å². The van der Waals surface area contributed by atoms with E-state index in [2.05, 4.69) is 51.2 Å². The van der Waals surface area contributed by atoms with Gasteiger partial charge in [-0.1, -0.05) is 36.8 Å². The minimum Gasteiger partial charge on any atom is -0.322 e. The van der Waals surface area contributed by atoms with Crippen molar-refractivity contribution in [3.05, 3.63) is 47.3 Å². The third-order valence-corrected chi connectivity index (χ3v) is 4.92. The Morgan fingerprint density at radius 3 is 2.75 bits per heavy atom. The van der Waals surface area contributed by atoms with E-state index in [1.165, 1.54) is 18.4 Å². The average molecular weight is 326 g/mol. The van der Waals surface area contributed by atoms with Crippen LogP contribution in [0.3, 0.4) is 0 Å². The predicted molar refractivity (Wildman–Crippen MR) is 96.0 cm³/mol. The van der Waals surface area contributed by atoms with Crippen LogP contribution in [0.15, 0.2) is 30.3 Å². The van der Waals surface area contributed by atoms with Crippen LogP contribution in [0.5, 0.6) is 0 Å². The summed E-state index contributed by atoms with van der Waals surface area (Å²) < 4.78 is 0. The van der Waals surface area contributed by atoms with Crippen LogP contribution in [-0.2, 0) is 11.2 Å². The Morgan fingerprint density at radius 1 is 1.25 bits per heavy atom. The van der Waals surface area contributed by atoms with Crippen molar-refractivity contribution in [1.82, 2.24) is 15.5 Å². The molecule has 1 aliphatic carbocycles. The summed E-state index contributed by atoms with van der Waals surface area (Å²) in [6.45, 7) is 4.15. The number of anilines is 1. The first kappa shape index (κ1) is 16.7. The van der Waals surface area contributed by atoms with Crippen LogP contribution in [-0.4, -0.2) is 28.7 Å². The van der Waals surface area contributed by atoms with Gasteiger partial charge in [-0.25, -0.2) is 0 Å². The monoisotopic (exact) mass is 326 g/mol. The maximum Gasteiger partial charge on any atom is 0.238 e. The summed E-state index contributed by atoms with van der Waals surface area (Å²) in [4.78, 5) is 12.2. The summed E-state index contributed by atoms with van der Waals surface area (Å²) in [6.07, 6.45) is 4.69. The number of rotatable bonds is 6. The molecule has 1 aromatic heterocycles. The molecule has 1 saturated carbocycles. The molecule has 2 aromatic rings. The van der Waals surface area contributed by atoms with Gasteiger partial charge < -0.3 is 10.6 Å². The molecule has 3 rings (SSSR count). The summed E-state index contributed by atoms with van der Waals surface area (Å²) in [7, 11) is 0. The van der Waals surface area contributed by atoms with Gasteiger partial charge in [0.2, 0.25) is 5.91 Å². The number of amides is 1. The summed E-state index contributed by atoms with van der Waals surface area (Å²) in [5.74, 6) is 0.602. The lowest BCUT2D eigenvalue weighted by atomic mass is 9.94. The van der Waals surface area contributed by atoms with E-state index in [-0.39, 0.29) is 5.91 Å². The largest absolute Gasteiger partial charge is 0.322 e. The van der Waals surface area contributed by atoms with Crippen LogP contribution in [0.1, 0.15) is 36.2 Å². The molecule has 128 valence electrons. The second kappa shape index (κ2) is 7.62. The van der Waals surface area contributed by atoms with Crippen LogP contribution in [0.4, 0.5) is 5.69 Å². The highest BCUT2D eigenvalue weighted by Gasteiger charge is 2.27. The van der Waals surface area contributed by atoms with E-state index in [0.29, 0.717) is 18.5 Å². The fourth-order valence-corrected chi connectivity index (χ4v) is 3.61. The van der Waals surface area contributed by atoms with E-state index in [0.717, 1.165) is 29.9 Å². The quantitative estimate of drug-likeness (QED) is 0.764. The van der Waals surface area contributed by atoms with Gasteiger partial charge in [-0.2, -0.15) is 5.10 Å². The van der Waals surface area contributed by atoms with Gasteiger partial charge in [0, 0.05) is 6.04 Å². The number of hydrogen-bond acceptors (Lipinski definition) is 3. The number of aromatic amines is 1. The number of hydrogen-bond donors (Lipinski definition) is 3. The Labute approximate surface area is 143 Å². The molecule has 0 bridgehead atoms. The highest BCUT2D eigenvalue weighted by molar-refractivity contribution is 5.93. The fourth-order valence-electron chi connectivity index (χ4n) is 3.61. The Morgan fingerprint density at radius 2 is 2.04 bits per heavy atom. The molecule has 1 aromatic carbocycles. The van der Waals surface area contributed by atoms with Crippen molar-refractivity contribution in [2.24, 2.45) is 5.92 Å². The zero-order valence-electron chi connectivity index (χ0n) is 14.4. The van der Waals surface area contributed by atoms with E-state index < -0.39 is 0 Å². The predicted octanol–water partition coefficient (Wildman–Crippen LogP) is 2.97. The molecule has 1 fully saturated rings. The average Bonchev–Trinajstić information content (AvgIpc) is 3.15. The van der Waals surface area contributed by atoms with E-state index in [4.69, 9.17) is 0 Å². The summed E-state index contributed by atoms with van der Waals surface area (Å²) in [6, 6.07) is 11.0. The lowest BCUT2D eigenvalue weighted by Gasteiger charge is -2.21. The highest BCUT2D eigenvalue weighted by atomic mass is 16.1. The van der Waals surface area contributed by atoms with Crippen LogP contribution in [0.2, 0.25) is 0 Å². The molecule has 1 heterocycles. The Kier molecular flexibility index (Phi) is 5.30. The first-order valence-corrected chi connectivity index (χ1v) is 8.72. The van der Waals surface area contributed by atoms with Gasteiger partial charge in [0.25, 0.3) is 0 Å². The molecular formula is C19H26N4O. The first-order chi connectivity index (χ1) is 11.6. The highest BCUT2D eigenvalue weighted by Crippen LogP contribution is 2.28. The zero-order chi connectivity index (χ0) is 16.9. The number of aryl methyl sites for hydroxylation is 2. The van der Waals surface area contributed by atoms with Crippen molar-refractivity contribution in [3.63, 3.8) is 0 Å². The third kappa shape index (κ3) is 4.03. The standard InChI is InChI=1S/C19H26N4O/c1-13-19(14(2)23-22-13)21-18(24)12-20-17-10-6-9-16(17)11-15-7-4-3-5-8-15/h3-5,7-8,16-17,20H,6,9-12H2,1-2H3,(H,21,24)(H,22,23). The molecule has 24 heavy (non-hydrogen) atoms. The van der Waals surface area contributed by atoms with Gasteiger partial charge in [-0.05, 0) is 44.6 Å². The van der Waals surface area contributed by atoms with E-state index in [1.807, 2.05) is 13.8 Å². The van der Waals surface area contributed by atoms with Crippen molar-refractivity contribution in [2.75, 3.05) is 11.9 Å². The number of carbonyl (C=O) groups is 1. The minimum absolute atomic E-state index is 0.00652. The molecule has 0 spiro atoms. The maximum absolute atomic E-state index is 12.2. The fraction of sp³-hybridized carbons (Fsp3) is 0.474. The molecule has 1 aliphatic rings. The Hall–Kier alpha value is -2.14. The van der Waals surface area contributed by atoms with Crippen molar-refractivity contribution < 1.29 is 4.79 Å². The topological polar surface area (TPSA) is 69.8 Å². The second-order valence-corrected chi connectivity index (χ2v) is 6.73. The number of nitrogens with zero attached hydrogens (tertiary/aromatic N) is 1. The Bertz CT molecular complexity index is 660. The summed E-state index contributed by atoms with van der Waals surface area (Å²) in [5, 5.41) is 13.4. The van der Waals surface area contributed by atoms with Gasteiger partial charge in [-0.15, -0.1) is 0 Å². The first-order valence-electron chi connectivity index (χ1n) is 8.72. The zero-order valence-corrected chi connectivity index (χ0v) is 14.4. The van der Waals surface area contributed by atoms with Gasteiger partial charge in [0.15, 0.2) is 0 Å². The molecule has 0 radical (unpaired) electrons. The smallest absolute Gasteiger partial charge is 0.238 e. The second-order valence-electron chi connectivity index (χ2n) is 6.73. The van der Waals surface area contributed by atoms with Gasteiger partial charge in [-0.3, -0.25) is 9.89 Å². The van der Waals surface area contributed by atoms with Gasteiger partial charge in [0.05, 0.1) is 23.6 Å². The number of aromatic nitrogens is 2. The SMILES string of the molecule is Cc1n[nH]c(C)c1NC(=O)CNC1CCCC1Cc1ccccc1. The van der Waals surface area contributed by atoms with Crippen LogP contribution in [0.25, 0.3) is 0 Å².